The molecular formula is C23H26FN5O2S. The number of benzene rings is 2. The second-order valence-corrected chi connectivity index (χ2v) is 8.63. The van der Waals surface area contributed by atoms with E-state index < -0.39 is 0 Å². The maximum atomic E-state index is 13.9. The number of hydrogen-bond donors (Lipinski definition) is 0. The minimum absolute atomic E-state index is 0.107. The molecule has 1 aliphatic heterocycles. The fourth-order valence-electron chi connectivity index (χ4n) is 3.52. The number of halogens is 1. The molecule has 32 heavy (non-hydrogen) atoms. The topological polar surface area (TPSA) is 63.5 Å². The molecule has 3 aromatic rings. The molecule has 7 nitrogen and oxygen atoms in total. The fourth-order valence-corrected chi connectivity index (χ4v) is 4.41. The Hall–Kier alpha value is -2.91. The maximum Gasteiger partial charge on any atom is 0.233 e. The summed E-state index contributed by atoms with van der Waals surface area (Å²) in [5, 5.41) is 9.47. The molecule has 168 valence electrons. The van der Waals surface area contributed by atoms with E-state index in [4.69, 9.17) is 4.74 Å². The van der Waals surface area contributed by atoms with E-state index >= 15 is 0 Å². The lowest BCUT2D eigenvalue weighted by Crippen LogP contribution is -2.37. The van der Waals surface area contributed by atoms with Gasteiger partial charge in [-0.1, -0.05) is 42.1 Å². The minimum Gasteiger partial charge on any atom is -0.378 e. The van der Waals surface area contributed by atoms with Crippen molar-refractivity contribution >= 4 is 23.6 Å². The summed E-state index contributed by atoms with van der Waals surface area (Å²) in [4.78, 5) is 16.4. The summed E-state index contributed by atoms with van der Waals surface area (Å²) in [6.45, 7) is 5.01. The van der Waals surface area contributed by atoms with Crippen LogP contribution in [-0.4, -0.2) is 64.7 Å². The standard InChI is InChI=1S/C23H26FN5O2S/c1-17-6-5-8-19(14-17)29-22(28-10-12-31-13-11-28)25-26-23(29)32-16-21(30)27(2)15-18-7-3-4-9-20(18)24/h3-9,14H,10-13,15-16H2,1-2H3. The van der Waals surface area contributed by atoms with E-state index in [-0.39, 0.29) is 24.0 Å². The lowest BCUT2D eigenvalue weighted by atomic mass is 10.2. The van der Waals surface area contributed by atoms with Crippen LogP contribution < -0.4 is 4.90 Å². The first-order valence-corrected chi connectivity index (χ1v) is 11.5. The predicted molar refractivity (Wildman–Crippen MR) is 123 cm³/mol. The van der Waals surface area contributed by atoms with Crippen molar-refractivity contribution in [1.82, 2.24) is 19.7 Å². The van der Waals surface area contributed by atoms with E-state index in [2.05, 4.69) is 21.2 Å². The van der Waals surface area contributed by atoms with Crippen LogP contribution in [-0.2, 0) is 16.1 Å². The van der Waals surface area contributed by atoms with E-state index in [0.717, 1.165) is 30.3 Å². The minimum atomic E-state index is -0.311. The third-order valence-electron chi connectivity index (χ3n) is 5.29. The van der Waals surface area contributed by atoms with Crippen molar-refractivity contribution in [3.8, 4) is 5.69 Å². The Morgan fingerprint density at radius 2 is 1.94 bits per heavy atom. The van der Waals surface area contributed by atoms with Gasteiger partial charge >= 0.3 is 0 Å². The van der Waals surface area contributed by atoms with Gasteiger partial charge in [0.25, 0.3) is 0 Å². The van der Waals surface area contributed by atoms with Gasteiger partial charge in [-0.25, -0.2) is 4.39 Å². The number of carbonyl (C=O) groups excluding carboxylic acids is 1. The van der Waals surface area contributed by atoms with Crippen LogP contribution in [0.25, 0.3) is 5.69 Å². The van der Waals surface area contributed by atoms with Crippen LogP contribution in [0.2, 0.25) is 0 Å². The SMILES string of the molecule is Cc1cccc(-n2c(SCC(=O)N(C)Cc3ccccc3F)nnc2N2CCOCC2)c1. The van der Waals surface area contributed by atoms with Gasteiger partial charge in [-0.2, -0.15) is 0 Å². The molecule has 0 aliphatic carbocycles. The van der Waals surface area contributed by atoms with E-state index in [1.165, 1.54) is 22.7 Å². The number of nitrogens with zero attached hydrogens (tertiary/aromatic N) is 5. The quantitative estimate of drug-likeness (QED) is 0.510. The molecule has 2 aromatic carbocycles. The average molecular weight is 456 g/mol. The number of ether oxygens (including phenoxy) is 1. The Labute approximate surface area is 191 Å². The summed E-state index contributed by atoms with van der Waals surface area (Å²) < 4.78 is 21.4. The third kappa shape index (κ3) is 5.11. The number of amides is 1. The van der Waals surface area contributed by atoms with Crippen molar-refractivity contribution in [1.29, 1.82) is 0 Å². The average Bonchev–Trinajstić information content (AvgIpc) is 3.23. The van der Waals surface area contributed by atoms with Gasteiger partial charge in [0.15, 0.2) is 5.16 Å². The van der Waals surface area contributed by atoms with Gasteiger partial charge in [0.1, 0.15) is 5.82 Å². The molecule has 1 aliphatic rings. The van der Waals surface area contributed by atoms with Gasteiger partial charge in [0.2, 0.25) is 11.9 Å². The predicted octanol–water partition coefficient (Wildman–Crippen LogP) is 3.30. The molecule has 0 radical (unpaired) electrons. The highest BCUT2D eigenvalue weighted by Gasteiger charge is 2.23. The first kappa shape index (κ1) is 22.3. The second kappa shape index (κ2) is 10.1. The first-order valence-electron chi connectivity index (χ1n) is 10.5. The Morgan fingerprint density at radius 3 is 2.69 bits per heavy atom. The van der Waals surface area contributed by atoms with Crippen molar-refractivity contribution in [2.75, 3.05) is 44.0 Å². The zero-order valence-corrected chi connectivity index (χ0v) is 19.0. The zero-order chi connectivity index (χ0) is 22.5. The molecule has 1 saturated heterocycles. The molecule has 0 bridgehead atoms. The van der Waals surface area contributed by atoms with Gasteiger partial charge in [-0.05, 0) is 30.7 Å². The van der Waals surface area contributed by atoms with Gasteiger partial charge in [0.05, 0.1) is 24.7 Å². The zero-order valence-electron chi connectivity index (χ0n) is 18.2. The molecule has 1 aromatic heterocycles. The molecular weight excluding hydrogens is 429 g/mol. The van der Waals surface area contributed by atoms with Crippen LogP contribution in [0.15, 0.2) is 53.7 Å². The highest BCUT2D eigenvalue weighted by molar-refractivity contribution is 7.99. The van der Waals surface area contributed by atoms with Gasteiger partial charge in [-0.3, -0.25) is 9.36 Å². The van der Waals surface area contributed by atoms with Crippen molar-refractivity contribution < 1.29 is 13.9 Å². The molecule has 1 amide bonds. The van der Waals surface area contributed by atoms with Crippen molar-refractivity contribution in [3.05, 3.63) is 65.5 Å². The molecule has 0 atom stereocenters. The van der Waals surface area contributed by atoms with Crippen LogP contribution in [0.3, 0.4) is 0 Å². The first-order chi connectivity index (χ1) is 15.5. The number of morpholine rings is 1. The number of aromatic nitrogens is 3. The molecule has 0 N–H and O–H groups in total. The molecule has 4 rings (SSSR count). The molecule has 9 heteroatoms. The summed E-state index contributed by atoms with van der Waals surface area (Å²) in [6.07, 6.45) is 0. The maximum absolute atomic E-state index is 13.9. The summed E-state index contributed by atoms with van der Waals surface area (Å²) >= 11 is 1.33. The lowest BCUT2D eigenvalue weighted by molar-refractivity contribution is -0.127. The summed E-state index contributed by atoms with van der Waals surface area (Å²) in [5.41, 5.74) is 2.57. The Kier molecular flexibility index (Phi) is 7.06. The smallest absolute Gasteiger partial charge is 0.233 e. The molecule has 0 unspecified atom stereocenters. The summed E-state index contributed by atoms with van der Waals surface area (Å²) in [6, 6.07) is 14.6. The van der Waals surface area contributed by atoms with Gasteiger partial charge in [0, 0.05) is 32.2 Å². The van der Waals surface area contributed by atoms with Crippen LogP contribution in [0.5, 0.6) is 0 Å². The van der Waals surface area contributed by atoms with Crippen molar-refractivity contribution in [2.24, 2.45) is 0 Å². The number of hydrogen-bond acceptors (Lipinski definition) is 6. The van der Waals surface area contributed by atoms with E-state index in [0.29, 0.717) is 23.9 Å². The number of rotatable bonds is 7. The van der Waals surface area contributed by atoms with Crippen molar-refractivity contribution in [2.45, 2.75) is 18.6 Å². The van der Waals surface area contributed by atoms with Crippen LogP contribution in [0.4, 0.5) is 10.3 Å². The van der Waals surface area contributed by atoms with Crippen molar-refractivity contribution in [3.63, 3.8) is 0 Å². The highest BCUT2D eigenvalue weighted by atomic mass is 32.2. The Bertz CT molecular complexity index is 1080. The molecule has 1 fully saturated rings. The van der Waals surface area contributed by atoms with E-state index in [9.17, 15) is 9.18 Å². The number of carbonyl (C=O) groups is 1. The van der Waals surface area contributed by atoms with Crippen LogP contribution in [0, 0.1) is 12.7 Å². The van der Waals surface area contributed by atoms with Crippen LogP contribution >= 0.6 is 11.8 Å². The molecule has 0 spiro atoms. The number of anilines is 1. The summed E-state index contributed by atoms with van der Waals surface area (Å²) in [5.74, 6) is 0.505. The Balaban J connectivity index is 1.52. The fraction of sp³-hybridized carbons (Fsp3) is 0.348. The lowest BCUT2D eigenvalue weighted by Gasteiger charge is -2.28. The monoisotopic (exact) mass is 455 g/mol. The van der Waals surface area contributed by atoms with Crippen LogP contribution in [0.1, 0.15) is 11.1 Å². The second-order valence-electron chi connectivity index (χ2n) is 7.69. The number of thioether (sulfide) groups is 1. The third-order valence-corrected chi connectivity index (χ3v) is 6.20. The van der Waals surface area contributed by atoms with Gasteiger partial charge < -0.3 is 14.5 Å². The van der Waals surface area contributed by atoms with Gasteiger partial charge in [-0.15, -0.1) is 10.2 Å². The number of aryl methyl sites for hydroxylation is 1. The van der Waals surface area contributed by atoms with E-state index in [1.54, 1.807) is 25.2 Å². The Morgan fingerprint density at radius 1 is 1.16 bits per heavy atom. The highest BCUT2D eigenvalue weighted by Crippen LogP contribution is 2.28. The normalized spacial score (nSPS) is 13.9. The molecule has 2 heterocycles. The van der Waals surface area contributed by atoms with E-state index in [1.807, 2.05) is 29.7 Å². The molecule has 0 saturated carbocycles. The largest absolute Gasteiger partial charge is 0.378 e. The summed E-state index contributed by atoms with van der Waals surface area (Å²) in [7, 11) is 1.68.